The zero-order chi connectivity index (χ0) is 12.8. The maximum atomic E-state index is 8.90. The van der Waals surface area contributed by atoms with Crippen LogP contribution in [0.1, 0.15) is 11.3 Å². The molecule has 1 fully saturated rings. The molecule has 0 amide bonds. The molecule has 2 rings (SSSR count). The van der Waals surface area contributed by atoms with Crippen LogP contribution in [0.15, 0.2) is 12.1 Å². The molecule has 2 N–H and O–H groups in total. The van der Waals surface area contributed by atoms with Crippen LogP contribution in [0.5, 0.6) is 0 Å². The molecule has 0 unspecified atom stereocenters. The Kier molecular flexibility index (Phi) is 4.51. The molecule has 18 heavy (non-hydrogen) atoms. The summed E-state index contributed by atoms with van der Waals surface area (Å²) in [6.45, 7) is 8.13. The van der Waals surface area contributed by atoms with Gasteiger partial charge in [0.05, 0.1) is 11.6 Å². The molecule has 1 aromatic heterocycles. The summed E-state index contributed by atoms with van der Waals surface area (Å²) in [5.74, 6) is 0.793. The summed E-state index contributed by atoms with van der Waals surface area (Å²) in [6.07, 6.45) is 0. The standard InChI is InChI=1S/C13H19N5/c1-11-8-12(10-14)9-13(17-11)16-4-7-18-5-2-15-3-6-18/h8-9,15H,2-7H2,1H3,(H,16,17). The first kappa shape index (κ1) is 12.8. The van der Waals surface area contributed by atoms with Gasteiger partial charge >= 0.3 is 0 Å². The molecule has 0 atom stereocenters. The van der Waals surface area contributed by atoms with Gasteiger partial charge in [0.25, 0.3) is 0 Å². The maximum Gasteiger partial charge on any atom is 0.127 e. The third-order valence-corrected chi connectivity index (χ3v) is 3.03. The molecule has 0 bridgehead atoms. The highest BCUT2D eigenvalue weighted by molar-refractivity contribution is 5.44. The second kappa shape index (κ2) is 6.34. The summed E-state index contributed by atoms with van der Waals surface area (Å²) < 4.78 is 0. The van der Waals surface area contributed by atoms with E-state index in [0.717, 1.165) is 50.8 Å². The Morgan fingerprint density at radius 1 is 1.44 bits per heavy atom. The molecular formula is C13H19N5. The Labute approximate surface area is 108 Å². The van der Waals surface area contributed by atoms with Crippen LogP contribution in [0.25, 0.3) is 0 Å². The van der Waals surface area contributed by atoms with Crippen LogP contribution in [0.3, 0.4) is 0 Å². The number of nitriles is 1. The molecular weight excluding hydrogens is 226 g/mol. The summed E-state index contributed by atoms with van der Waals surface area (Å²) >= 11 is 0. The molecule has 1 aliphatic rings. The van der Waals surface area contributed by atoms with Gasteiger partial charge in [-0.3, -0.25) is 4.90 Å². The largest absolute Gasteiger partial charge is 0.369 e. The fourth-order valence-electron chi connectivity index (χ4n) is 2.10. The molecule has 0 radical (unpaired) electrons. The molecule has 0 aromatic carbocycles. The van der Waals surface area contributed by atoms with E-state index < -0.39 is 0 Å². The van der Waals surface area contributed by atoms with E-state index in [-0.39, 0.29) is 0 Å². The van der Waals surface area contributed by atoms with Gasteiger partial charge in [0.1, 0.15) is 5.82 Å². The van der Waals surface area contributed by atoms with Gasteiger partial charge in [-0.1, -0.05) is 0 Å². The van der Waals surface area contributed by atoms with Gasteiger partial charge in [-0.05, 0) is 19.1 Å². The van der Waals surface area contributed by atoms with Crippen molar-refractivity contribution >= 4 is 5.82 Å². The summed E-state index contributed by atoms with van der Waals surface area (Å²) in [5, 5.41) is 15.5. The molecule has 5 nitrogen and oxygen atoms in total. The summed E-state index contributed by atoms with van der Waals surface area (Å²) in [7, 11) is 0. The average Bonchev–Trinajstić information content (AvgIpc) is 2.39. The lowest BCUT2D eigenvalue weighted by Gasteiger charge is -2.27. The Morgan fingerprint density at radius 3 is 2.94 bits per heavy atom. The van der Waals surface area contributed by atoms with Crippen molar-refractivity contribution in [1.29, 1.82) is 5.26 Å². The highest BCUT2D eigenvalue weighted by Gasteiger charge is 2.08. The Balaban J connectivity index is 1.82. The number of anilines is 1. The van der Waals surface area contributed by atoms with Gasteiger partial charge in [-0.15, -0.1) is 0 Å². The number of aryl methyl sites for hydroxylation is 1. The van der Waals surface area contributed by atoms with Gasteiger partial charge < -0.3 is 10.6 Å². The van der Waals surface area contributed by atoms with E-state index >= 15 is 0 Å². The van der Waals surface area contributed by atoms with E-state index in [1.54, 1.807) is 12.1 Å². The minimum absolute atomic E-state index is 0.659. The normalized spacial score (nSPS) is 16.2. The van der Waals surface area contributed by atoms with Crippen molar-refractivity contribution in [2.24, 2.45) is 0 Å². The van der Waals surface area contributed by atoms with Crippen LogP contribution in [-0.2, 0) is 0 Å². The number of pyridine rings is 1. The molecule has 0 saturated carbocycles. The Bertz CT molecular complexity index is 431. The number of rotatable bonds is 4. The van der Waals surface area contributed by atoms with Crippen molar-refractivity contribution in [1.82, 2.24) is 15.2 Å². The van der Waals surface area contributed by atoms with Gasteiger partial charge in [-0.25, -0.2) is 4.98 Å². The first-order chi connectivity index (χ1) is 8.78. The molecule has 2 heterocycles. The Morgan fingerprint density at radius 2 is 2.22 bits per heavy atom. The van der Waals surface area contributed by atoms with Crippen LogP contribution in [-0.4, -0.2) is 49.2 Å². The van der Waals surface area contributed by atoms with E-state index in [9.17, 15) is 0 Å². The minimum Gasteiger partial charge on any atom is -0.369 e. The zero-order valence-electron chi connectivity index (χ0n) is 10.7. The molecule has 1 saturated heterocycles. The number of hydrogen-bond donors (Lipinski definition) is 2. The highest BCUT2D eigenvalue weighted by atomic mass is 15.2. The number of piperazine rings is 1. The third-order valence-electron chi connectivity index (χ3n) is 3.03. The van der Waals surface area contributed by atoms with Crippen molar-refractivity contribution in [3.63, 3.8) is 0 Å². The van der Waals surface area contributed by atoms with Gasteiger partial charge in [-0.2, -0.15) is 5.26 Å². The van der Waals surface area contributed by atoms with E-state index in [2.05, 4.69) is 26.6 Å². The molecule has 1 aliphatic heterocycles. The van der Waals surface area contributed by atoms with E-state index in [0.29, 0.717) is 5.56 Å². The molecule has 1 aromatic rings. The second-order valence-electron chi connectivity index (χ2n) is 4.51. The van der Waals surface area contributed by atoms with Crippen LogP contribution in [0, 0.1) is 18.3 Å². The Hall–Kier alpha value is -1.64. The fraction of sp³-hybridized carbons (Fsp3) is 0.538. The molecule has 0 aliphatic carbocycles. The molecule has 96 valence electrons. The summed E-state index contributed by atoms with van der Waals surface area (Å²) in [4.78, 5) is 6.79. The molecule has 0 spiro atoms. The van der Waals surface area contributed by atoms with Gasteiger partial charge in [0.2, 0.25) is 0 Å². The topological polar surface area (TPSA) is 64.0 Å². The highest BCUT2D eigenvalue weighted by Crippen LogP contribution is 2.08. The van der Waals surface area contributed by atoms with Crippen LogP contribution in [0.2, 0.25) is 0 Å². The van der Waals surface area contributed by atoms with Crippen molar-refractivity contribution < 1.29 is 0 Å². The number of nitrogens with zero attached hydrogens (tertiary/aromatic N) is 3. The first-order valence-corrected chi connectivity index (χ1v) is 6.33. The number of hydrogen-bond acceptors (Lipinski definition) is 5. The number of nitrogens with one attached hydrogen (secondary N) is 2. The quantitative estimate of drug-likeness (QED) is 0.812. The predicted octanol–water partition coefficient (Wildman–Crippen LogP) is 0.579. The smallest absolute Gasteiger partial charge is 0.127 e. The lowest BCUT2D eigenvalue weighted by atomic mass is 10.2. The lowest BCUT2D eigenvalue weighted by Crippen LogP contribution is -2.45. The van der Waals surface area contributed by atoms with Crippen molar-refractivity contribution in [2.45, 2.75) is 6.92 Å². The van der Waals surface area contributed by atoms with E-state index in [4.69, 9.17) is 5.26 Å². The van der Waals surface area contributed by atoms with Crippen molar-refractivity contribution in [2.75, 3.05) is 44.6 Å². The van der Waals surface area contributed by atoms with Crippen molar-refractivity contribution in [3.8, 4) is 6.07 Å². The zero-order valence-corrected chi connectivity index (χ0v) is 10.7. The monoisotopic (exact) mass is 245 g/mol. The predicted molar refractivity (Wildman–Crippen MR) is 71.5 cm³/mol. The van der Waals surface area contributed by atoms with Crippen molar-refractivity contribution in [3.05, 3.63) is 23.4 Å². The fourth-order valence-corrected chi connectivity index (χ4v) is 2.10. The van der Waals surface area contributed by atoms with Gasteiger partial charge in [0, 0.05) is 45.0 Å². The van der Waals surface area contributed by atoms with E-state index in [1.807, 2.05) is 6.92 Å². The minimum atomic E-state index is 0.659. The first-order valence-electron chi connectivity index (χ1n) is 6.33. The third kappa shape index (κ3) is 3.69. The summed E-state index contributed by atoms with van der Waals surface area (Å²) in [5.41, 5.74) is 1.53. The number of aromatic nitrogens is 1. The van der Waals surface area contributed by atoms with Crippen LogP contribution in [0.4, 0.5) is 5.82 Å². The average molecular weight is 245 g/mol. The van der Waals surface area contributed by atoms with Gasteiger partial charge in [0.15, 0.2) is 0 Å². The lowest BCUT2D eigenvalue weighted by molar-refractivity contribution is 0.249. The summed E-state index contributed by atoms with van der Waals surface area (Å²) in [6, 6.07) is 5.74. The SMILES string of the molecule is Cc1cc(C#N)cc(NCCN2CCNCC2)n1. The van der Waals surface area contributed by atoms with E-state index in [1.165, 1.54) is 0 Å². The molecule has 5 heteroatoms. The maximum absolute atomic E-state index is 8.90. The van der Waals surface area contributed by atoms with Crippen LogP contribution >= 0.6 is 0 Å². The van der Waals surface area contributed by atoms with Crippen LogP contribution < -0.4 is 10.6 Å². The second-order valence-corrected chi connectivity index (χ2v) is 4.51.